The van der Waals surface area contributed by atoms with Crippen LogP contribution in [0, 0.1) is 20.8 Å². The maximum absolute atomic E-state index is 14.5. The normalized spacial score (nSPS) is 18.7. The summed E-state index contributed by atoms with van der Waals surface area (Å²) in [5.41, 5.74) is 4.55. The highest BCUT2D eigenvalue weighted by Gasteiger charge is 2.45. The molecule has 0 saturated heterocycles. The van der Waals surface area contributed by atoms with Gasteiger partial charge in [-0.1, -0.05) is 41.1 Å². The van der Waals surface area contributed by atoms with Crippen LogP contribution in [0.2, 0.25) is 0 Å². The molecule has 1 atom stereocenters. The molecule has 1 saturated carbocycles. The van der Waals surface area contributed by atoms with Crippen molar-refractivity contribution in [3.63, 3.8) is 0 Å². The third-order valence-corrected chi connectivity index (χ3v) is 6.13. The smallest absolute Gasteiger partial charge is 0.250 e. The van der Waals surface area contributed by atoms with Crippen LogP contribution in [-0.2, 0) is 16.9 Å². The van der Waals surface area contributed by atoms with Crippen LogP contribution in [0.4, 0.5) is 4.39 Å². The Labute approximate surface area is 192 Å². The van der Waals surface area contributed by atoms with Crippen LogP contribution in [0.25, 0.3) is 0 Å². The highest BCUT2D eigenvalue weighted by molar-refractivity contribution is 6.00. The Bertz CT molecular complexity index is 1220. The first-order valence-corrected chi connectivity index (χ1v) is 11.2. The van der Waals surface area contributed by atoms with Crippen molar-refractivity contribution in [3.8, 4) is 11.6 Å². The molecule has 0 amide bonds. The molecule has 33 heavy (non-hydrogen) atoms. The number of benzene rings is 2. The van der Waals surface area contributed by atoms with Gasteiger partial charge in [0.2, 0.25) is 5.88 Å². The average molecular weight is 447 g/mol. The number of ether oxygens (including phenoxy) is 1. The van der Waals surface area contributed by atoms with E-state index in [-0.39, 0.29) is 6.04 Å². The molecule has 1 aliphatic heterocycles. The van der Waals surface area contributed by atoms with Crippen molar-refractivity contribution in [1.29, 1.82) is 0 Å². The van der Waals surface area contributed by atoms with E-state index in [4.69, 9.17) is 9.57 Å². The number of nitrogens with zero attached hydrogens (tertiary/aromatic N) is 3. The minimum absolute atomic E-state index is 0.0461. The minimum Gasteiger partial charge on any atom is -0.437 e. The quantitative estimate of drug-likeness (QED) is 0.574. The predicted octanol–water partition coefficient (Wildman–Crippen LogP) is 5.05. The molecule has 3 aromatic rings. The number of amidine groups is 1. The molecule has 0 radical (unpaired) electrons. The fourth-order valence-electron chi connectivity index (χ4n) is 4.10. The van der Waals surface area contributed by atoms with E-state index in [0.29, 0.717) is 48.0 Å². The Hall–Kier alpha value is -3.48. The number of hydrogen-bond donors (Lipinski definition) is 1. The average Bonchev–Trinajstić information content (AvgIpc) is 3.56. The summed E-state index contributed by atoms with van der Waals surface area (Å²) in [6.07, 6.45) is 1.90. The lowest BCUT2D eigenvalue weighted by Gasteiger charge is -2.25. The van der Waals surface area contributed by atoms with E-state index in [1.54, 1.807) is 24.3 Å². The molecule has 7 heteroatoms. The van der Waals surface area contributed by atoms with Gasteiger partial charge >= 0.3 is 0 Å². The first-order valence-electron chi connectivity index (χ1n) is 11.2. The van der Waals surface area contributed by atoms with Gasteiger partial charge in [0.25, 0.3) is 0 Å². The Balaban J connectivity index is 1.38. The van der Waals surface area contributed by atoms with E-state index in [0.717, 1.165) is 12.1 Å². The van der Waals surface area contributed by atoms with Crippen LogP contribution in [0.5, 0.6) is 11.6 Å². The van der Waals surface area contributed by atoms with Crippen molar-refractivity contribution < 1.29 is 14.0 Å². The van der Waals surface area contributed by atoms with Gasteiger partial charge in [-0.3, -0.25) is 0 Å². The number of rotatable bonds is 6. The van der Waals surface area contributed by atoms with Crippen molar-refractivity contribution in [2.75, 3.05) is 6.61 Å². The number of halogens is 1. The van der Waals surface area contributed by atoms with Crippen LogP contribution >= 0.6 is 0 Å². The van der Waals surface area contributed by atoms with Gasteiger partial charge in [-0.15, -0.1) is 5.10 Å². The number of aromatic nitrogens is 2. The fraction of sp³-hybridized carbons (Fsp3) is 0.346. The summed E-state index contributed by atoms with van der Waals surface area (Å²) < 4.78 is 20.6. The molecule has 5 rings (SSSR count). The van der Waals surface area contributed by atoms with Crippen molar-refractivity contribution in [2.45, 2.75) is 51.7 Å². The standard InChI is InChI=1S/C26H27FN4O2/c1-16-7-8-19(17(2)11-16)13-21-15-32-31-24(28-21)23-12-18(3)29-30-25(23)33-22-6-4-5-20(14-22)26(27)9-10-26/h4-8,11-12,14,21H,9-10,13,15H2,1-3H3,(H,28,31). The molecule has 2 aromatic carbocycles. The Kier molecular flexibility index (Phi) is 5.48. The third-order valence-electron chi connectivity index (χ3n) is 6.13. The molecule has 0 spiro atoms. The van der Waals surface area contributed by atoms with Gasteiger partial charge < -0.3 is 14.9 Å². The Morgan fingerprint density at radius 2 is 1.94 bits per heavy atom. The van der Waals surface area contributed by atoms with Crippen LogP contribution in [0.1, 0.15) is 46.4 Å². The molecule has 1 unspecified atom stereocenters. The first kappa shape index (κ1) is 21.4. The molecule has 2 aliphatic rings. The fourth-order valence-corrected chi connectivity index (χ4v) is 4.10. The molecule has 1 fully saturated rings. The van der Waals surface area contributed by atoms with E-state index in [1.807, 2.05) is 13.0 Å². The lowest BCUT2D eigenvalue weighted by Crippen LogP contribution is -2.43. The largest absolute Gasteiger partial charge is 0.437 e. The highest BCUT2D eigenvalue weighted by atomic mass is 19.1. The molecule has 1 N–H and O–H groups in total. The zero-order valence-electron chi connectivity index (χ0n) is 19.1. The van der Waals surface area contributed by atoms with Gasteiger partial charge in [0.05, 0.1) is 17.3 Å². The van der Waals surface area contributed by atoms with E-state index < -0.39 is 5.67 Å². The summed E-state index contributed by atoms with van der Waals surface area (Å²) in [5, 5.41) is 16.1. The van der Waals surface area contributed by atoms with Crippen LogP contribution in [-0.4, -0.2) is 28.7 Å². The van der Waals surface area contributed by atoms with Gasteiger partial charge in [0, 0.05) is 0 Å². The number of nitrogens with one attached hydrogen (secondary N) is 1. The van der Waals surface area contributed by atoms with E-state index in [1.165, 1.54) is 16.7 Å². The molecule has 2 heterocycles. The summed E-state index contributed by atoms with van der Waals surface area (Å²) in [7, 11) is 0. The van der Waals surface area contributed by atoms with Gasteiger partial charge in [0.1, 0.15) is 18.0 Å². The zero-order valence-corrected chi connectivity index (χ0v) is 19.1. The van der Waals surface area contributed by atoms with Crippen LogP contribution in [0.3, 0.4) is 0 Å². The number of oxime groups is 1. The second-order valence-electron chi connectivity index (χ2n) is 9.01. The minimum atomic E-state index is -1.23. The van der Waals surface area contributed by atoms with Gasteiger partial charge in [0.15, 0.2) is 5.84 Å². The highest BCUT2D eigenvalue weighted by Crippen LogP contribution is 2.50. The zero-order chi connectivity index (χ0) is 23.0. The number of alkyl halides is 1. The summed E-state index contributed by atoms with van der Waals surface area (Å²) in [6.45, 7) is 6.54. The molecular weight excluding hydrogens is 419 g/mol. The van der Waals surface area contributed by atoms with E-state index >= 15 is 0 Å². The second-order valence-corrected chi connectivity index (χ2v) is 9.01. The second kappa shape index (κ2) is 8.46. The Morgan fingerprint density at radius 3 is 2.73 bits per heavy atom. The summed E-state index contributed by atoms with van der Waals surface area (Å²) in [5.74, 6) is 1.35. The SMILES string of the molecule is Cc1ccc(CC2CON=C(c3cc(C)nnc3Oc3cccc(C4(F)CC4)c3)N2)c(C)c1. The van der Waals surface area contributed by atoms with Crippen molar-refractivity contribution in [2.24, 2.45) is 5.16 Å². The predicted molar refractivity (Wildman–Crippen MR) is 124 cm³/mol. The maximum atomic E-state index is 14.5. The number of hydrogen-bond acceptors (Lipinski definition) is 6. The van der Waals surface area contributed by atoms with Crippen LogP contribution < -0.4 is 10.1 Å². The topological polar surface area (TPSA) is 68.6 Å². The van der Waals surface area contributed by atoms with Crippen molar-refractivity contribution >= 4 is 5.84 Å². The monoisotopic (exact) mass is 446 g/mol. The molecule has 6 nitrogen and oxygen atoms in total. The molecular formula is C26H27FN4O2. The summed E-state index contributed by atoms with van der Waals surface area (Å²) in [4.78, 5) is 5.57. The molecule has 1 aromatic heterocycles. The molecule has 1 aliphatic carbocycles. The van der Waals surface area contributed by atoms with Gasteiger partial charge in [-0.05, 0) is 74.9 Å². The summed E-state index contributed by atoms with van der Waals surface area (Å²) >= 11 is 0. The third kappa shape index (κ3) is 4.67. The van der Waals surface area contributed by atoms with Gasteiger partial charge in [-0.2, -0.15) is 5.10 Å². The van der Waals surface area contributed by atoms with Gasteiger partial charge in [-0.25, -0.2) is 4.39 Å². The molecule has 0 bridgehead atoms. The van der Waals surface area contributed by atoms with E-state index in [2.05, 4.69) is 52.7 Å². The first-order chi connectivity index (χ1) is 15.9. The van der Waals surface area contributed by atoms with Crippen molar-refractivity contribution in [1.82, 2.24) is 15.5 Å². The van der Waals surface area contributed by atoms with Crippen molar-refractivity contribution in [3.05, 3.63) is 82.0 Å². The molecule has 170 valence electrons. The number of aryl methyl sites for hydroxylation is 3. The van der Waals surface area contributed by atoms with E-state index in [9.17, 15) is 4.39 Å². The lowest BCUT2D eigenvalue weighted by molar-refractivity contribution is 0.109. The summed E-state index contributed by atoms with van der Waals surface area (Å²) in [6, 6.07) is 15.5. The lowest BCUT2D eigenvalue weighted by atomic mass is 9.99. The maximum Gasteiger partial charge on any atom is 0.250 e. The Morgan fingerprint density at radius 1 is 1.09 bits per heavy atom. The van der Waals surface area contributed by atoms with Crippen LogP contribution in [0.15, 0.2) is 53.7 Å².